The second-order valence-electron chi connectivity index (χ2n) is 7.76. The number of anilines is 1. The molecule has 0 spiro atoms. The van der Waals surface area contributed by atoms with Crippen LogP contribution >= 0.6 is 0 Å². The fraction of sp³-hybridized carbons (Fsp3) is 0.500. The van der Waals surface area contributed by atoms with Crippen LogP contribution in [-0.2, 0) is 19.2 Å². The van der Waals surface area contributed by atoms with Gasteiger partial charge in [-0.05, 0) is 43.0 Å². The summed E-state index contributed by atoms with van der Waals surface area (Å²) in [5, 5.41) is 3.50. The van der Waals surface area contributed by atoms with Crippen molar-refractivity contribution in [2.24, 2.45) is 5.92 Å². The minimum absolute atomic E-state index is 0.228. The number of hydrogen-bond acceptors (Lipinski definition) is 5. The maximum absolute atomic E-state index is 12.7. The van der Waals surface area contributed by atoms with Gasteiger partial charge in [-0.15, -0.1) is 0 Å². The van der Waals surface area contributed by atoms with Gasteiger partial charge in [0, 0.05) is 43.7 Å². The number of likely N-dealkylation sites (tertiary alicyclic amines) is 1. The number of carbonyl (C=O) groups excluding carboxylic acids is 3. The van der Waals surface area contributed by atoms with Crippen LogP contribution in [0.1, 0.15) is 51.0 Å². The first-order chi connectivity index (χ1) is 14.0. The molecule has 0 aromatic heterocycles. The maximum atomic E-state index is 12.7. The minimum Gasteiger partial charge on any atom is -0.380 e. The van der Waals surface area contributed by atoms with Crippen molar-refractivity contribution in [2.45, 2.75) is 51.5 Å². The van der Waals surface area contributed by atoms with Crippen molar-refractivity contribution in [1.82, 2.24) is 10.4 Å². The molecule has 1 saturated heterocycles. The first-order valence-electron chi connectivity index (χ1n) is 10.3. The van der Waals surface area contributed by atoms with Gasteiger partial charge in [-0.25, -0.2) is 0 Å². The highest BCUT2D eigenvalue weighted by Crippen LogP contribution is 2.27. The van der Waals surface area contributed by atoms with Crippen LogP contribution in [0.5, 0.6) is 0 Å². The van der Waals surface area contributed by atoms with Crippen LogP contribution in [0.3, 0.4) is 0 Å². The molecule has 3 rings (SSSR count). The number of nitrogens with one attached hydrogen (secondary N) is 2. The Labute approximate surface area is 171 Å². The number of hydroxylamine groups is 1. The molecule has 1 aromatic rings. The van der Waals surface area contributed by atoms with Gasteiger partial charge >= 0.3 is 5.97 Å². The zero-order valence-corrected chi connectivity index (χ0v) is 16.9. The molecule has 0 bridgehead atoms. The highest BCUT2D eigenvalue weighted by atomic mass is 16.7. The fourth-order valence-electron chi connectivity index (χ4n) is 3.94. The van der Waals surface area contributed by atoms with E-state index in [0.717, 1.165) is 43.6 Å². The van der Waals surface area contributed by atoms with Crippen molar-refractivity contribution in [3.63, 3.8) is 0 Å². The van der Waals surface area contributed by atoms with Crippen molar-refractivity contribution < 1.29 is 19.2 Å². The van der Waals surface area contributed by atoms with Crippen molar-refractivity contribution in [3.05, 3.63) is 35.9 Å². The van der Waals surface area contributed by atoms with E-state index in [0.29, 0.717) is 5.91 Å². The Hall–Kier alpha value is -2.83. The van der Waals surface area contributed by atoms with Gasteiger partial charge in [-0.2, -0.15) is 5.48 Å². The average Bonchev–Trinajstić information content (AvgIpc) is 3.20. The molecule has 7 nitrogen and oxygen atoms in total. The van der Waals surface area contributed by atoms with E-state index in [4.69, 9.17) is 0 Å². The van der Waals surface area contributed by atoms with Gasteiger partial charge in [0.15, 0.2) is 0 Å². The number of rotatable bonds is 5. The zero-order chi connectivity index (χ0) is 20.6. The van der Waals surface area contributed by atoms with Crippen LogP contribution in [0.4, 0.5) is 5.69 Å². The molecular weight excluding hydrogens is 370 g/mol. The molecule has 1 heterocycles. The second kappa shape index (κ2) is 10.1. The van der Waals surface area contributed by atoms with Crippen molar-refractivity contribution in [3.8, 4) is 0 Å². The lowest BCUT2D eigenvalue weighted by Crippen LogP contribution is -2.36. The van der Waals surface area contributed by atoms with Crippen LogP contribution in [-0.4, -0.2) is 41.8 Å². The minimum atomic E-state index is -0.576. The van der Waals surface area contributed by atoms with Crippen molar-refractivity contribution in [1.29, 1.82) is 0 Å². The highest BCUT2D eigenvalue weighted by molar-refractivity contribution is 5.91. The van der Waals surface area contributed by atoms with Gasteiger partial charge in [-0.3, -0.25) is 14.4 Å². The van der Waals surface area contributed by atoms with Gasteiger partial charge in [0.1, 0.15) is 0 Å². The SMILES string of the molecule is CC(=O)ONC(=O)/C=C/c1ccc(N[C@@H]2CCN(C(=O)C3CCCCC3)C2)cc1. The third-order valence-corrected chi connectivity index (χ3v) is 5.46. The normalized spacial score (nSPS) is 19.9. The van der Waals surface area contributed by atoms with E-state index in [1.807, 2.05) is 34.6 Å². The van der Waals surface area contributed by atoms with E-state index in [1.54, 1.807) is 6.08 Å². The van der Waals surface area contributed by atoms with E-state index in [1.165, 1.54) is 32.3 Å². The maximum Gasteiger partial charge on any atom is 0.329 e. The molecule has 29 heavy (non-hydrogen) atoms. The molecule has 1 aliphatic carbocycles. The summed E-state index contributed by atoms with van der Waals surface area (Å²) in [4.78, 5) is 41.3. The predicted octanol–water partition coefficient (Wildman–Crippen LogP) is 2.89. The lowest BCUT2D eigenvalue weighted by molar-refractivity contribution is -0.154. The number of carbonyl (C=O) groups is 3. The summed E-state index contributed by atoms with van der Waals surface area (Å²) in [6, 6.07) is 7.97. The molecule has 7 heteroatoms. The Balaban J connectivity index is 1.45. The summed E-state index contributed by atoms with van der Waals surface area (Å²) in [7, 11) is 0. The Morgan fingerprint density at radius 2 is 1.79 bits per heavy atom. The Kier molecular flexibility index (Phi) is 7.27. The number of amides is 2. The lowest BCUT2D eigenvalue weighted by Gasteiger charge is -2.26. The first kappa shape index (κ1) is 20.9. The molecule has 1 aromatic carbocycles. The van der Waals surface area contributed by atoms with E-state index >= 15 is 0 Å². The van der Waals surface area contributed by atoms with Crippen molar-refractivity contribution >= 4 is 29.5 Å². The molecule has 2 fully saturated rings. The standard InChI is InChI=1S/C22H29N3O4/c1-16(26)29-24-21(27)12-9-17-7-10-19(11-8-17)23-20-13-14-25(15-20)22(28)18-5-3-2-4-6-18/h7-12,18,20,23H,2-6,13-15H2,1H3,(H,24,27)/b12-9+/t20-/m1/s1. The van der Waals surface area contributed by atoms with E-state index < -0.39 is 11.9 Å². The van der Waals surface area contributed by atoms with Gasteiger partial charge in [0.2, 0.25) is 5.91 Å². The Morgan fingerprint density at radius 1 is 1.07 bits per heavy atom. The van der Waals surface area contributed by atoms with E-state index in [9.17, 15) is 14.4 Å². The van der Waals surface area contributed by atoms with Crippen LogP contribution in [0.25, 0.3) is 6.08 Å². The second-order valence-corrected chi connectivity index (χ2v) is 7.76. The Morgan fingerprint density at radius 3 is 2.48 bits per heavy atom. The topological polar surface area (TPSA) is 87.7 Å². The molecule has 156 valence electrons. The zero-order valence-electron chi connectivity index (χ0n) is 16.9. The highest BCUT2D eigenvalue weighted by Gasteiger charge is 2.31. The third-order valence-electron chi connectivity index (χ3n) is 5.46. The van der Waals surface area contributed by atoms with Gasteiger partial charge in [0.25, 0.3) is 5.91 Å². The number of benzene rings is 1. The van der Waals surface area contributed by atoms with Crippen LogP contribution in [0.15, 0.2) is 30.3 Å². The van der Waals surface area contributed by atoms with Crippen LogP contribution in [0.2, 0.25) is 0 Å². The molecule has 0 unspecified atom stereocenters. The summed E-state index contributed by atoms with van der Waals surface area (Å²) >= 11 is 0. The van der Waals surface area contributed by atoms with E-state index in [-0.39, 0.29) is 12.0 Å². The smallest absolute Gasteiger partial charge is 0.329 e. The van der Waals surface area contributed by atoms with Gasteiger partial charge in [0.05, 0.1) is 0 Å². The quantitative estimate of drug-likeness (QED) is 0.587. The molecular formula is C22H29N3O4. The average molecular weight is 399 g/mol. The number of nitrogens with zero attached hydrogens (tertiary/aromatic N) is 1. The third kappa shape index (κ3) is 6.34. The Bertz CT molecular complexity index is 754. The summed E-state index contributed by atoms with van der Waals surface area (Å²) in [6.45, 7) is 2.80. The van der Waals surface area contributed by atoms with Crippen LogP contribution < -0.4 is 10.8 Å². The van der Waals surface area contributed by atoms with Crippen molar-refractivity contribution in [2.75, 3.05) is 18.4 Å². The van der Waals surface area contributed by atoms with E-state index in [2.05, 4.69) is 10.2 Å². The summed E-state index contributed by atoms with van der Waals surface area (Å²) in [5.74, 6) is -0.516. The largest absolute Gasteiger partial charge is 0.380 e. The monoisotopic (exact) mass is 399 g/mol. The van der Waals surface area contributed by atoms with Crippen LogP contribution in [0, 0.1) is 5.92 Å². The fourth-order valence-corrected chi connectivity index (χ4v) is 3.94. The molecule has 1 aliphatic heterocycles. The predicted molar refractivity (Wildman–Crippen MR) is 111 cm³/mol. The molecule has 1 saturated carbocycles. The molecule has 0 radical (unpaired) electrons. The summed E-state index contributed by atoms with van der Waals surface area (Å²) in [6.07, 6.45) is 9.60. The summed E-state index contributed by atoms with van der Waals surface area (Å²) in [5.41, 5.74) is 3.87. The molecule has 2 aliphatic rings. The number of hydrogen-bond donors (Lipinski definition) is 2. The van der Waals surface area contributed by atoms with Gasteiger partial charge < -0.3 is 15.1 Å². The van der Waals surface area contributed by atoms with Gasteiger partial charge in [-0.1, -0.05) is 31.4 Å². The summed E-state index contributed by atoms with van der Waals surface area (Å²) < 4.78 is 0. The molecule has 2 N–H and O–H groups in total. The first-order valence-corrected chi connectivity index (χ1v) is 10.3. The lowest BCUT2D eigenvalue weighted by atomic mass is 9.88. The molecule has 2 amide bonds. The molecule has 1 atom stereocenters.